The third kappa shape index (κ3) is 3.97. The van der Waals surface area contributed by atoms with Crippen LogP contribution in [0.4, 0.5) is 0 Å². The first-order chi connectivity index (χ1) is 9.62. The van der Waals surface area contributed by atoms with E-state index in [2.05, 4.69) is 6.92 Å². The second-order valence-electron chi connectivity index (χ2n) is 4.88. The van der Waals surface area contributed by atoms with Gasteiger partial charge in [0.15, 0.2) is 0 Å². The quantitative estimate of drug-likeness (QED) is 0.569. The topological polar surface area (TPSA) is 43.4 Å². The summed E-state index contributed by atoms with van der Waals surface area (Å²) in [7, 11) is -3.51. The molecule has 0 N–H and O–H groups in total. The van der Waals surface area contributed by atoms with Crippen molar-refractivity contribution in [2.45, 2.75) is 32.6 Å². The summed E-state index contributed by atoms with van der Waals surface area (Å²) in [5.41, 5.74) is 0. The highest BCUT2D eigenvalue weighted by Gasteiger charge is 2.14. The molecule has 4 heteroatoms. The molecule has 0 bridgehead atoms. The van der Waals surface area contributed by atoms with E-state index < -0.39 is 10.1 Å². The van der Waals surface area contributed by atoms with E-state index >= 15 is 0 Å². The number of rotatable bonds is 7. The average molecular weight is 292 g/mol. The standard InChI is InChI=1S/C16H20O3S/c1-2-3-4-7-13-20(17,18)19-16-12-8-10-14-9-5-6-11-15(14)16/h5-6,8-12H,2-4,7,13H2,1H3. The summed E-state index contributed by atoms with van der Waals surface area (Å²) >= 11 is 0. The van der Waals surface area contributed by atoms with Gasteiger partial charge in [0, 0.05) is 5.39 Å². The molecule has 0 aliphatic rings. The molecule has 0 fully saturated rings. The van der Waals surface area contributed by atoms with Crippen molar-refractivity contribution in [1.82, 2.24) is 0 Å². The Balaban J connectivity index is 2.11. The fourth-order valence-corrected chi connectivity index (χ4v) is 3.21. The Morgan fingerprint density at radius 2 is 1.70 bits per heavy atom. The van der Waals surface area contributed by atoms with Crippen LogP contribution in [-0.4, -0.2) is 14.2 Å². The Morgan fingerprint density at radius 3 is 2.50 bits per heavy atom. The molecule has 0 saturated carbocycles. The van der Waals surface area contributed by atoms with Gasteiger partial charge in [-0.3, -0.25) is 0 Å². The van der Waals surface area contributed by atoms with Crippen LogP contribution in [0, 0.1) is 0 Å². The Bertz CT molecular complexity index is 657. The van der Waals surface area contributed by atoms with Gasteiger partial charge in [0.1, 0.15) is 5.75 Å². The van der Waals surface area contributed by atoms with Crippen molar-refractivity contribution in [2.24, 2.45) is 0 Å². The molecular weight excluding hydrogens is 272 g/mol. The molecule has 108 valence electrons. The van der Waals surface area contributed by atoms with Crippen molar-refractivity contribution in [3.8, 4) is 5.75 Å². The third-order valence-corrected chi connectivity index (χ3v) is 4.44. The molecule has 2 aromatic carbocycles. The second kappa shape index (κ2) is 6.75. The summed E-state index contributed by atoms with van der Waals surface area (Å²) < 4.78 is 29.2. The van der Waals surface area contributed by atoms with Crippen LogP contribution in [0.5, 0.6) is 5.75 Å². The van der Waals surface area contributed by atoms with Gasteiger partial charge in [0.05, 0.1) is 5.75 Å². The lowest BCUT2D eigenvalue weighted by Crippen LogP contribution is -2.14. The van der Waals surface area contributed by atoms with Crippen molar-refractivity contribution in [3.05, 3.63) is 42.5 Å². The fourth-order valence-electron chi connectivity index (χ4n) is 2.15. The SMILES string of the molecule is CCCCCCS(=O)(=O)Oc1cccc2ccccc12. The summed E-state index contributed by atoms with van der Waals surface area (Å²) in [6.07, 6.45) is 3.73. The van der Waals surface area contributed by atoms with Crippen LogP contribution in [0.25, 0.3) is 10.8 Å². The summed E-state index contributed by atoms with van der Waals surface area (Å²) in [6, 6.07) is 13.1. The molecule has 0 aromatic heterocycles. The van der Waals surface area contributed by atoms with E-state index in [1.165, 1.54) is 0 Å². The predicted molar refractivity (Wildman–Crippen MR) is 82.5 cm³/mol. The molecule has 2 aromatic rings. The molecule has 0 atom stereocenters. The minimum atomic E-state index is -3.51. The highest BCUT2D eigenvalue weighted by Crippen LogP contribution is 2.26. The lowest BCUT2D eigenvalue weighted by Gasteiger charge is -2.09. The monoisotopic (exact) mass is 292 g/mol. The number of unbranched alkanes of at least 4 members (excludes halogenated alkanes) is 3. The van der Waals surface area contributed by atoms with Gasteiger partial charge in [0.25, 0.3) is 0 Å². The normalized spacial score (nSPS) is 11.7. The minimum Gasteiger partial charge on any atom is -0.382 e. The highest BCUT2D eigenvalue weighted by molar-refractivity contribution is 7.87. The summed E-state index contributed by atoms with van der Waals surface area (Å²) in [5.74, 6) is 0.495. The smallest absolute Gasteiger partial charge is 0.309 e. The predicted octanol–water partition coefficient (Wildman–Crippen LogP) is 4.13. The van der Waals surface area contributed by atoms with Crippen molar-refractivity contribution < 1.29 is 12.6 Å². The maximum atomic E-state index is 12.0. The van der Waals surface area contributed by atoms with Gasteiger partial charge in [-0.1, -0.05) is 62.6 Å². The second-order valence-corrected chi connectivity index (χ2v) is 6.57. The zero-order valence-corrected chi connectivity index (χ0v) is 12.5. The van der Waals surface area contributed by atoms with Crippen LogP contribution < -0.4 is 4.18 Å². The lowest BCUT2D eigenvalue weighted by molar-refractivity contribution is 0.485. The summed E-state index contributed by atoms with van der Waals surface area (Å²) in [5, 5.41) is 1.80. The summed E-state index contributed by atoms with van der Waals surface area (Å²) in [6.45, 7) is 2.10. The highest BCUT2D eigenvalue weighted by atomic mass is 32.2. The van der Waals surface area contributed by atoms with Gasteiger partial charge in [-0.05, 0) is 17.9 Å². The Morgan fingerprint density at radius 1 is 0.950 bits per heavy atom. The number of hydrogen-bond donors (Lipinski definition) is 0. The van der Waals surface area contributed by atoms with Gasteiger partial charge >= 0.3 is 10.1 Å². The lowest BCUT2D eigenvalue weighted by atomic mass is 10.1. The zero-order chi connectivity index (χ0) is 14.4. The van der Waals surface area contributed by atoms with Crippen molar-refractivity contribution >= 4 is 20.9 Å². The Labute approximate surface area is 120 Å². The molecule has 3 nitrogen and oxygen atoms in total. The van der Waals surface area contributed by atoms with E-state index in [-0.39, 0.29) is 5.75 Å². The molecule has 0 aliphatic heterocycles. The van der Waals surface area contributed by atoms with Crippen LogP contribution in [0.15, 0.2) is 42.5 Å². The van der Waals surface area contributed by atoms with Crippen LogP contribution in [0.2, 0.25) is 0 Å². The van der Waals surface area contributed by atoms with Crippen molar-refractivity contribution in [1.29, 1.82) is 0 Å². The molecule has 0 saturated heterocycles. The molecule has 20 heavy (non-hydrogen) atoms. The van der Waals surface area contributed by atoms with Crippen LogP contribution in [0.1, 0.15) is 32.6 Å². The maximum absolute atomic E-state index is 12.0. The largest absolute Gasteiger partial charge is 0.382 e. The van der Waals surface area contributed by atoms with Gasteiger partial charge in [-0.25, -0.2) is 0 Å². The number of benzene rings is 2. The minimum absolute atomic E-state index is 0.0796. The molecule has 2 rings (SSSR count). The molecule has 0 amide bonds. The van der Waals surface area contributed by atoms with Gasteiger partial charge in [0.2, 0.25) is 0 Å². The third-order valence-electron chi connectivity index (χ3n) is 3.21. The van der Waals surface area contributed by atoms with Crippen molar-refractivity contribution in [3.63, 3.8) is 0 Å². The first-order valence-electron chi connectivity index (χ1n) is 7.02. The molecular formula is C16H20O3S. The fraction of sp³-hybridized carbons (Fsp3) is 0.375. The average Bonchev–Trinajstić information content (AvgIpc) is 2.44. The van der Waals surface area contributed by atoms with E-state index in [1.807, 2.05) is 36.4 Å². The van der Waals surface area contributed by atoms with Gasteiger partial charge in [-0.15, -0.1) is 0 Å². The summed E-state index contributed by atoms with van der Waals surface area (Å²) in [4.78, 5) is 0. The molecule has 0 radical (unpaired) electrons. The first kappa shape index (κ1) is 14.9. The maximum Gasteiger partial charge on any atom is 0.309 e. The zero-order valence-electron chi connectivity index (χ0n) is 11.7. The molecule has 0 heterocycles. The van der Waals surface area contributed by atoms with Crippen molar-refractivity contribution in [2.75, 3.05) is 5.75 Å². The first-order valence-corrected chi connectivity index (χ1v) is 8.60. The van der Waals surface area contributed by atoms with E-state index in [4.69, 9.17) is 4.18 Å². The van der Waals surface area contributed by atoms with E-state index in [1.54, 1.807) is 6.07 Å². The Kier molecular flexibility index (Phi) is 5.01. The molecule has 0 aliphatic carbocycles. The van der Waals surface area contributed by atoms with Crippen LogP contribution in [-0.2, 0) is 10.1 Å². The van der Waals surface area contributed by atoms with Gasteiger partial charge < -0.3 is 4.18 Å². The van der Waals surface area contributed by atoms with E-state index in [9.17, 15) is 8.42 Å². The van der Waals surface area contributed by atoms with E-state index in [0.717, 1.165) is 30.0 Å². The molecule has 0 unspecified atom stereocenters. The van der Waals surface area contributed by atoms with Crippen LogP contribution >= 0.6 is 0 Å². The Hall–Kier alpha value is -1.55. The number of fused-ring (bicyclic) bond motifs is 1. The van der Waals surface area contributed by atoms with Gasteiger partial charge in [-0.2, -0.15) is 8.42 Å². The number of hydrogen-bond acceptors (Lipinski definition) is 3. The molecule has 0 spiro atoms. The van der Waals surface area contributed by atoms with Crippen LogP contribution in [0.3, 0.4) is 0 Å². The van der Waals surface area contributed by atoms with E-state index in [0.29, 0.717) is 12.2 Å².